The third kappa shape index (κ3) is 4.39. The van der Waals surface area contributed by atoms with Crippen LogP contribution in [0.5, 0.6) is 0 Å². The van der Waals surface area contributed by atoms with E-state index in [9.17, 15) is 0 Å². The fourth-order valence-electron chi connectivity index (χ4n) is 1.25. The molecule has 14 heavy (non-hydrogen) atoms. The predicted octanol–water partition coefficient (Wildman–Crippen LogP) is 0.818. The Labute approximate surface area is 85.3 Å². The molecule has 0 fully saturated rings. The van der Waals surface area contributed by atoms with Crippen LogP contribution in [0.1, 0.15) is 12.1 Å². The highest BCUT2D eigenvalue weighted by Crippen LogP contribution is 1.91. The van der Waals surface area contributed by atoms with Gasteiger partial charge in [0.15, 0.2) is 0 Å². The van der Waals surface area contributed by atoms with E-state index in [4.69, 9.17) is 4.74 Å². The van der Waals surface area contributed by atoms with Crippen molar-refractivity contribution in [2.24, 2.45) is 0 Å². The summed E-state index contributed by atoms with van der Waals surface area (Å²) in [6.07, 6.45) is 3.07. The second-order valence-electron chi connectivity index (χ2n) is 3.32. The molecule has 4 heteroatoms. The van der Waals surface area contributed by atoms with Crippen molar-refractivity contribution in [1.82, 2.24) is 15.1 Å². The van der Waals surface area contributed by atoms with Gasteiger partial charge in [-0.05, 0) is 26.0 Å². The van der Waals surface area contributed by atoms with Crippen LogP contribution in [0.4, 0.5) is 0 Å². The van der Waals surface area contributed by atoms with Crippen LogP contribution in [0, 0.1) is 6.92 Å². The smallest absolute Gasteiger partial charge is 0.0593 e. The number of ether oxygens (including phenoxy) is 1. The second kappa shape index (κ2) is 6.56. The lowest BCUT2D eigenvalue weighted by Gasteiger charge is -2.04. The van der Waals surface area contributed by atoms with Crippen molar-refractivity contribution >= 4 is 0 Å². The first kappa shape index (κ1) is 11.2. The van der Waals surface area contributed by atoms with E-state index >= 15 is 0 Å². The van der Waals surface area contributed by atoms with Crippen LogP contribution in [0.15, 0.2) is 12.3 Å². The zero-order chi connectivity index (χ0) is 10.2. The van der Waals surface area contributed by atoms with Gasteiger partial charge in [0.1, 0.15) is 0 Å². The molecule has 0 spiro atoms. The molecule has 1 rings (SSSR count). The predicted molar refractivity (Wildman–Crippen MR) is 56.3 cm³/mol. The van der Waals surface area contributed by atoms with Gasteiger partial charge in [-0.25, -0.2) is 0 Å². The zero-order valence-electron chi connectivity index (χ0n) is 8.99. The molecule has 1 heterocycles. The van der Waals surface area contributed by atoms with Crippen molar-refractivity contribution in [2.45, 2.75) is 19.9 Å². The SMILES string of the molecule is COCCCNCCn1ccc(C)n1. The summed E-state index contributed by atoms with van der Waals surface area (Å²) in [5, 5.41) is 7.63. The molecule has 80 valence electrons. The normalized spacial score (nSPS) is 10.7. The van der Waals surface area contributed by atoms with Gasteiger partial charge >= 0.3 is 0 Å². The van der Waals surface area contributed by atoms with Crippen molar-refractivity contribution in [3.05, 3.63) is 18.0 Å². The summed E-state index contributed by atoms with van der Waals surface area (Å²) in [6, 6.07) is 2.02. The van der Waals surface area contributed by atoms with E-state index in [1.807, 2.05) is 23.9 Å². The van der Waals surface area contributed by atoms with Gasteiger partial charge in [0.2, 0.25) is 0 Å². The van der Waals surface area contributed by atoms with Crippen LogP contribution in [-0.2, 0) is 11.3 Å². The molecule has 0 aliphatic carbocycles. The second-order valence-corrected chi connectivity index (χ2v) is 3.32. The molecular formula is C10H19N3O. The quantitative estimate of drug-likeness (QED) is 0.658. The third-order valence-electron chi connectivity index (χ3n) is 1.99. The number of nitrogens with one attached hydrogen (secondary N) is 1. The Morgan fingerprint density at radius 2 is 2.36 bits per heavy atom. The number of rotatable bonds is 7. The number of methoxy groups -OCH3 is 1. The average Bonchev–Trinajstić information content (AvgIpc) is 2.58. The molecule has 1 aromatic rings. The molecular weight excluding hydrogens is 178 g/mol. The van der Waals surface area contributed by atoms with Gasteiger partial charge in [0.05, 0.1) is 12.2 Å². The molecule has 0 bridgehead atoms. The van der Waals surface area contributed by atoms with E-state index in [1.165, 1.54) is 0 Å². The van der Waals surface area contributed by atoms with E-state index in [0.717, 1.165) is 38.4 Å². The Hall–Kier alpha value is -0.870. The van der Waals surface area contributed by atoms with E-state index in [-0.39, 0.29) is 0 Å². The number of nitrogens with zero attached hydrogens (tertiary/aromatic N) is 2. The monoisotopic (exact) mass is 197 g/mol. The minimum absolute atomic E-state index is 0.827. The Morgan fingerprint density at radius 1 is 1.50 bits per heavy atom. The maximum Gasteiger partial charge on any atom is 0.0593 e. The van der Waals surface area contributed by atoms with E-state index in [2.05, 4.69) is 10.4 Å². The summed E-state index contributed by atoms with van der Waals surface area (Å²) in [6.45, 7) is 5.73. The van der Waals surface area contributed by atoms with Crippen molar-refractivity contribution < 1.29 is 4.74 Å². The number of hydrogen-bond acceptors (Lipinski definition) is 3. The lowest BCUT2D eigenvalue weighted by Crippen LogP contribution is -2.22. The van der Waals surface area contributed by atoms with E-state index in [0.29, 0.717) is 0 Å². The van der Waals surface area contributed by atoms with Crippen molar-refractivity contribution in [1.29, 1.82) is 0 Å². The van der Waals surface area contributed by atoms with Gasteiger partial charge in [-0.1, -0.05) is 0 Å². The molecule has 0 aromatic carbocycles. The number of aryl methyl sites for hydroxylation is 1. The van der Waals surface area contributed by atoms with E-state index in [1.54, 1.807) is 7.11 Å². The van der Waals surface area contributed by atoms with Crippen LogP contribution in [0.25, 0.3) is 0 Å². The zero-order valence-corrected chi connectivity index (χ0v) is 8.99. The Kier molecular flexibility index (Phi) is 5.25. The standard InChI is InChI=1S/C10H19N3O/c1-10-4-7-13(12-10)8-6-11-5-3-9-14-2/h4,7,11H,3,5-6,8-9H2,1-2H3. The molecule has 0 saturated carbocycles. The molecule has 1 N–H and O–H groups in total. The summed E-state index contributed by atoms with van der Waals surface area (Å²) >= 11 is 0. The molecule has 0 aliphatic rings. The summed E-state index contributed by atoms with van der Waals surface area (Å²) in [5.74, 6) is 0. The molecule has 4 nitrogen and oxygen atoms in total. The molecule has 1 aromatic heterocycles. The van der Waals surface area contributed by atoms with Crippen molar-refractivity contribution in [3.8, 4) is 0 Å². The van der Waals surface area contributed by atoms with Crippen LogP contribution in [0.2, 0.25) is 0 Å². The maximum absolute atomic E-state index is 4.95. The van der Waals surface area contributed by atoms with Gasteiger partial charge in [-0.2, -0.15) is 5.10 Å². The van der Waals surface area contributed by atoms with Gasteiger partial charge in [-0.15, -0.1) is 0 Å². The topological polar surface area (TPSA) is 39.1 Å². The lowest BCUT2D eigenvalue weighted by molar-refractivity contribution is 0.194. The van der Waals surface area contributed by atoms with Crippen LogP contribution >= 0.6 is 0 Å². The summed E-state index contributed by atoms with van der Waals surface area (Å²) < 4.78 is 6.91. The van der Waals surface area contributed by atoms with Gasteiger partial charge in [-0.3, -0.25) is 4.68 Å². The fourth-order valence-corrected chi connectivity index (χ4v) is 1.25. The molecule has 0 amide bonds. The first-order valence-electron chi connectivity index (χ1n) is 5.02. The highest BCUT2D eigenvalue weighted by atomic mass is 16.5. The van der Waals surface area contributed by atoms with Crippen molar-refractivity contribution in [2.75, 3.05) is 26.8 Å². The maximum atomic E-state index is 4.95. The first-order valence-corrected chi connectivity index (χ1v) is 5.02. The molecule has 0 aliphatic heterocycles. The summed E-state index contributed by atoms with van der Waals surface area (Å²) in [7, 11) is 1.73. The average molecular weight is 197 g/mol. The largest absolute Gasteiger partial charge is 0.385 e. The Morgan fingerprint density at radius 3 is 3.00 bits per heavy atom. The van der Waals surface area contributed by atoms with Gasteiger partial charge in [0, 0.05) is 26.5 Å². The number of hydrogen-bond donors (Lipinski definition) is 1. The first-order chi connectivity index (χ1) is 6.83. The Balaban J connectivity index is 1.99. The lowest BCUT2D eigenvalue weighted by atomic mass is 10.4. The van der Waals surface area contributed by atoms with Gasteiger partial charge < -0.3 is 10.1 Å². The minimum Gasteiger partial charge on any atom is -0.385 e. The highest BCUT2D eigenvalue weighted by Gasteiger charge is 1.93. The Bertz CT molecular complexity index is 247. The van der Waals surface area contributed by atoms with Crippen LogP contribution in [-0.4, -0.2) is 36.6 Å². The minimum atomic E-state index is 0.827. The van der Waals surface area contributed by atoms with Gasteiger partial charge in [0.25, 0.3) is 0 Å². The molecule has 0 saturated heterocycles. The third-order valence-corrected chi connectivity index (χ3v) is 1.99. The summed E-state index contributed by atoms with van der Waals surface area (Å²) in [5.41, 5.74) is 1.07. The molecule has 0 radical (unpaired) electrons. The van der Waals surface area contributed by atoms with Crippen molar-refractivity contribution in [3.63, 3.8) is 0 Å². The van der Waals surface area contributed by atoms with Crippen LogP contribution < -0.4 is 5.32 Å². The van der Waals surface area contributed by atoms with Crippen LogP contribution in [0.3, 0.4) is 0 Å². The molecule has 0 unspecified atom stereocenters. The summed E-state index contributed by atoms with van der Waals surface area (Å²) in [4.78, 5) is 0. The number of aromatic nitrogens is 2. The molecule has 0 atom stereocenters. The highest BCUT2D eigenvalue weighted by molar-refractivity contribution is 4.94. The fraction of sp³-hybridized carbons (Fsp3) is 0.700. The van der Waals surface area contributed by atoms with E-state index < -0.39 is 0 Å².